The molecular weight excluding hydrogens is 358 g/mol. The van der Waals surface area contributed by atoms with Gasteiger partial charge in [-0.1, -0.05) is 38.5 Å². The van der Waals surface area contributed by atoms with Crippen LogP contribution in [0.4, 0.5) is 0 Å². The van der Waals surface area contributed by atoms with E-state index in [1.54, 1.807) is 0 Å². The molecule has 0 radical (unpaired) electrons. The van der Waals surface area contributed by atoms with Crippen molar-refractivity contribution in [2.75, 3.05) is 19.8 Å². The van der Waals surface area contributed by atoms with Crippen LogP contribution < -0.4 is 5.32 Å². The van der Waals surface area contributed by atoms with Crippen molar-refractivity contribution in [1.29, 1.82) is 0 Å². The van der Waals surface area contributed by atoms with Gasteiger partial charge in [0.25, 0.3) is 0 Å². The second-order valence-electron chi connectivity index (χ2n) is 7.77. The monoisotopic (exact) mass is 399 g/mol. The van der Waals surface area contributed by atoms with Crippen LogP contribution in [0.1, 0.15) is 90.9 Å². The van der Waals surface area contributed by atoms with Gasteiger partial charge in [0.05, 0.1) is 19.3 Å². The van der Waals surface area contributed by atoms with Gasteiger partial charge in [-0.25, -0.2) is 0 Å². The molecule has 0 unspecified atom stereocenters. The maximum absolute atomic E-state index is 12.2. The molecule has 0 aliphatic heterocycles. The van der Waals surface area contributed by atoms with Crippen molar-refractivity contribution in [2.45, 2.75) is 103 Å². The van der Waals surface area contributed by atoms with Crippen LogP contribution in [-0.4, -0.2) is 48.9 Å². The summed E-state index contributed by atoms with van der Waals surface area (Å²) < 4.78 is 10.1. The lowest BCUT2D eigenvalue weighted by atomic mass is 9.84. The van der Waals surface area contributed by atoms with Gasteiger partial charge in [-0.3, -0.25) is 9.59 Å². The van der Waals surface area contributed by atoms with Crippen LogP contribution in [0.5, 0.6) is 0 Å². The van der Waals surface area contributed by atoms with E-state index in [1.165, 1.54) is 19.3 Å². The van der Waals surface area contributed by atoms with Gasteiger partial charge in [0.1, 0.15) is 6.04 Å². The molecule has 6 nitrogen and oxygen atoms in total. The molecule has 0 saturated heterocycles. The first-order valence-corrected chi connectivity index (χ1v) is 11.3. The lowest BCUT2D eigenvalue weighted by Gasteiger charge is -2.27. The van der Waals surface area contributed by atoms with Gasteiger partial charge in [0, 0.05) is 6.42 Å². The maximum Gasteiger partial charge on any atom is 0.323 e. The molecule has 1 aliphatic carbocycles. The first-order chi connectivity index (χ1) is 13.6. The SMILES string of the molecule is CCOC(=O)CCCCCC[C@H](NCC[C@H](O)C1CCCCC1)C(=O)OCC. The van der Waals surface area contributed by atoms with Gasteiger partial charge in [0.2, 0.25) is 0 Å². The number of carbonyl (C=O) groups is 2. The minimum atomic E-state index is -0.316. The Balaban J connectivity index is 2.24. The molecule has 0 aromatic heterocycles. The Kier molecular flexibility index (Phi) is 14.0. The fourth-order valence-corrected chi connectivity index (χ4v) is 3.91. The van der Waals surface area contributed by atoms with Crippen LogP contribution in [-0.2, 0) is 19.1 Å². The van der Waals surface area contributed by atoms with Gasteiger partial charge < -0.3 is 19.9 Å². The zero-order valence-electron chi connectivity index (χ0n) is 17.9. The van der Waals surface area contributed by atoms with E-state index in [0.29, 0.717) is 38.5 Å². The number of hydrogen-bond donors (Lipinski definition) is 2. The lowest BCUT2D eigenvalue weighted by molar-refractivity contribution is -0.146. The Morgan fingerprint density at radius 1 is 0.964 bits per heavy atom. The standard InChI is InChI=1S/C22H41NO5/c1-3-27-21(25)15-11-6-5-10-14-19(22(26)28-4-2)23-17-16-20(24)18-12-8-7-9-13-18/h18-20,23-24H,3-17H2,1-2H3/t19-,20-/m0/s1. The lowest BCUT2D eigenvalue weighted by Crippen LogP contribution is -2.40. The number of ether oxygens (including phenoxy) is 2. The second kappa shape index (κ2) is 15.7. The van der Waals surface area contributed by atoms with Crippen molar-refractivity contribution >= 4 is 11.9 Å². The molecule has 0 bridgehead atoms. The largest absolute Gasteiger partial charge is 0.466 e. The highest BCUT2D eigenvalue weighted by atomic mass is 16.5. The Morgan fingerprint density at radius 3 is 2.32 bits per heavy atom. The van der Waals surface area contributed by atoms with E-state index in [0.717, 1.165) is 44.9 Å². The van der Waals surface area contributed by atoms with Gasteiger partial charge in [-0.05, 0) is 58.4 Å². The molecule has 1 fully saturated rings. The van der Waals surface area contributed by atoms with E-state index in [2.05, 4.69) is 5.32 Å². The summed E-state index contributed by atoms with van der Waals surface area (Å²) in [7, 11) is 0. The minimum absolute atomic E-state index is 0.134. The van der Waals surface area contributed by atoms with Crippen molar-refractivity contribution in [1.82, 2.24) is 5.32 Å². The number of aliphatic hydroxyl groups is 1. The van der Waals surface area contributed by atoms with Crippen molar-refractivity contribution in [3.8, 4) is 0 Å². The van der Waals surface area contributed by atoms with Crippen molar-refractivity contribution in [3.63, 3.8) is 0 Å². The smallest absolute Gasteiger partial charge is 0.323 e. The molecule has 0 heterocycles. The quantitative estimate of drug-likeness (QED) is 0.322. The molecule has 0 aromatic rings. The third kappa shape index (κ3) is 11.0. The van der Waals surface area contributed by atoms with Crippen molar-refractivity contribution in [3.05, 3.63) is 0 Å². The summed E-state index contributed by atoms with van der Waals surface area (Å²) in [5.74, 6) is 0.0715. The summed E-state index contributed by atoms with van der Waals surface area (Å²) in [4.78, 5) is 23.5. The number of nitrogens with one attached hydrogen (secondary N) is 1. The second-order valence-corrected chi connectivity index (χ2v) is 7.77. The molecule has 1 rings (SSSR count). The summed E-state index contributed by atoms with van der Waals surface area (Å²) in [5, 5.41) is 13.7. The molecule has 0 aromatic carbocycles. The molecule has 1 saturated carbocycles. The Labute approximate surface area is 170 Å². The summed E-state index contributed by atoms with van der Waals surface area (Å²) in [5.41, 5.74) is 0. The maximum atomic E-state index is 12.2. The first-order valence-electron chi connectivity index (χ1n) is 11.3. The average molecular weight is 400 g/mol. The van der Waals surface area contributed by atoms with Gasteiger partial charge in [-0.15, -0.1) is 0 Å². The summed E-state index contributed by atoms with van der Waals surface area (Å²) in [6, 6.07) is -0.316. The van der Waals surface area contributed by atoms with E-state index >= 15 is 0 Å². The van der Waals surface area contributed by atoms with Crippen LogP contribution >= 0.6 is 0 Å². The first kappa shape index (κ1) is 24.9. The molecule has 2 N–H and O–H groups in total. The Morgan fingerprint density at radius 2 is 1.64 bits per heavy atom. The fourth-order valence-electron chi connectivity index (χ4n) is 3.91. The molecule has 0 amide bonds. The minimum Gasteiger partial charge on any atom is -0.466 e. The average Bonchev–Trinajstić information content (AvgIpc) is 2.70. The van der Waals surface area contributed by atoms with E-state index in [4.69, 9.17) is 9.47 Å². The van der Waals surface area contributed by atoms with Gasteiger partial charge in [-0.2, -0.15) is 0 Å². The summed E-state index contributed by atoms with van der Waals surface area (Å²) in [6.45, 7) is 5.07. The predicted octanol–water partition coefficient (Wildman–Crippen LogP) is 3.74. The number of hydrogen-bond acceptors (Lipinski definition) is 6. The zero-order chi connectivity index (χ0) is 20.6. The van der Waals surface area contributed by atoms with Crippen LogP contribution in [0.3, 0.4) is 0 Å². The zero-order valence-corrected chi connectivity index (χ0v) is 17.9. The van der Waals surface area contributed by atoms with Gasteiger partial charge >= 0.3 is 11.9 Å². The van der Waals surface area contributed by atoms with Crippen molar-refractivity contribution in [2.24, 2.45) is 5.92 Å². The number of aliphatic hydroxyl groups excluding tert-OH is 1. The third-order valence-corrected chi connectivity index (χ3v) is 5.52. The number of carbonyl (C=O) groups excluding carboxylic acids is 2. The normalized spacial score (nSPS) is 17.1. The number of unbranched alkanes of at least 4 members (excludes halogenated alkanes) is 3. The fraction of sp³-hybridized carbons (Fsp3) is 0.909. The van der Waals surface area contributed by atoms with Gasteiger partial charge in [0.15, 0.2) is 0 Å². The van der Waals surface area contributed by atoms with Crippen LogP contribution in [0.2, 0.25) is 0 Å². The van der Waals surface area contributed by atoms with Crippen LogP contribution in [0, 0.1) is 5.92 Å². The topological polar surface area (TPSA) is 84.9 Å². The third-order valence-electron chi connectivity index (χ3n) is 5.52. The summed E-state index contributed by atoms with van der Waals surface area (Å²) in [6.07, 6.45) is 11.2. The van der Waals surface area contributed by atoms with Crippen LogP contribution in [0.15, 0.2) is 0 Å². The predicted molar refractivity (Wildman–Crippen MR) is 110 cm³/mol. The molecule has 1 aliphatic rings. The highest BCUT2D eigenvalue weighted by molar-refractivity contribution is 5.75. The Hall–Kier alpha value is -1.14. The highest BCUT2D eigenvalue weighted by Crippen LogP contribution is 2.27. The van der Waals surface area contributed by atoms with E-state index in [1.807, 2.05) is 13.8 Å². The van der Waals surface area contributed by atoms with Crippen molar-refractivity contribution < 1.29 is 24.2 Å². The number of esters is 2. The molecule has 6 heteroatoms. The highest BCUT2D eigenvalue weighted by Gasteiger charge is 2.23. The molecule has 28 heavy (non-hydrogen) atoms. The van der Waals surface area contributed by atoms with Crippen LogP contribution in [0.25, 0.3) is 0 Å². The van der Waals surface area contributed by atoms with E-state index in [9.17, 15) is 14.7 Å². The summed E-state index contributed by atoms with van der Waals surface area (Å²) >= 11 is 0. The number of rotatable bonds is 15. The molecule has 2 atom stereocenters. The van der Waals surface area contributed by atoms with E-state index in [-0.39, 0.29) is 24.1 Å². The Bertz CT molecular complexity index is 423. The molecular formula is C22H41NO5. The molecule has 164 valence electrons. The molecule has 0 spiro atoms. The van der Waals surface area contributed by atoms with E-state index < -0.39 is 0 Å².